The van der Waals surface area contributed by atoms with Crippen LogP contribution in [0.1, 0.15) is 68.1 Å². The van der Waals surface area contributed by atoms with E-state index in [2.05, 4.69) is 12.2 Å². The fourth-order valence-corrected chi connectivity index (χ4v) is 3.52. The molecule has 6 nitrogen and oxygen atoms in total. The predicted octanol–water partition coefficient (Wildman–Crippen LogP) is 3.13. The summed E-state index contributed by atoms with van der Waals surface area (Å²) in [6, 6.07) is 1.37. The summed E-state index contributed by atoms with van der Waals surface area (Å²) in [7, 11) is 0. The van der Waals surface area contributed by atoms with E-state index in [0.717, 1.165) is 19.3 Å². The number of ether oxygens (including phenoxy) is 1. The lowest BCUT2D eigenvalue weighted by Gasteiger charge is -2.31. The largest absolute Gasteiger partial charge is 0.448 e. The van der Waals surface area contributed by atoms with Crippen LogP contribution < -0.4 is 10.9 Å². The van der Waals surface area contributed by atoms with Gasteiger partial charge in [0.2, 0.25) is 0 Å². The molecule has 3 atom stereocenters. The molecule has 1 aliphatic carbocycles. The second-order valence-corrected chi connectivity index (χ2v) is 7.63. The average Bonchev–Trinajstić information content (AvgIpc) is 2.53. The van der Waals surface area contributed by atoms with Gasteiger partial charge in [-0.2, -0.15) is 0 Å². The first kappa shape index (κ1) is 20.2. The Balaban J connectivity index is 2.13. The fraction of sp³-hybridized carbons (Fsp3) is 0.650. The van der Waals surface area contributed by atoms with Gasteiger partial charge in [-0.05, 0) is 44.1 Å². The standard InChI is InChI=1S/C20H29NO5/c1-11(2)18(19(23)21-15-9-7-6-8-12(15)3)26-20(24)17-13(4)10-16(22)25-14(17)5/h10-12,15,18H,6-9H2,1-5H3,(H,21,23)/t12-,15+,18-/m0/s1. The van der Waals surface area contributed by atoms with Crippen LogP contribution in [0, 0.1) is 25.7 Å². The Bertz CT molecular complexity index is 695. The third-order valence-corrected chi connectivity index (χ3v) is 5.08. The molecule has 0 radical (unpaired) electrons. The second-order valence-electron chi connectivity index (χ2n) is 7.63. The third-order valence-electron chi connectivity index (χ3n) is 5.08. The minimum absolute atomic E-state index is 0.120. The van der Waals surface area contributed by atoms with Crippen molar-refractivity contribution in [1.82, 2.24) is 5.32 Å². The Hall–Kier alpha value is -2.11. The van der Waals surface area contributed by atoms with Gasteiger partial charge in [-0.25, -0.2) is 9.59 Å². The smallest absolute Gasteiger partial charge is 0.342 e. The molecule has 1 saturated carbocycles. The highest BCUT2D eigenvalue weighted by Crippen LogP contribution is 2.24. The number of nitrogens with one attached hydrogen (secondary N) is 1. The summed E-state index contributed by atoms with van der Waals surface area (Å²) in [4.78, 5) is 36.7. The van der Waals surface area contributed by atoms with Gasteiger partial charge in [0, 0.05) is 12.1 Å². The van der Waals surface area contributed by atoms with Crippen LogP contribution in [0.3, 0.4) is 0 Å². The number of rotatable bonds is 5. The molecule has 1 N–H and O–H groups in total. The van der Waals surface area contributed by atoms with E-state index in [4.69, 9.17) is 9.15 Å². The Morgan fingerprint density at radius 1 is 1.23 bits per heavy atom. The molecule has 1 aromatic heterocycles. The van der Waals surface area contributed by atoms with E-state index in [9.17, 15) is 14.4 Å². The lowest BCUT2D eigenvalue weighted by Crippen LogP contribution is -2.48. The summed E-state index contributed by atoms with van der Waals surface area (Å²) >= 11 is 0. The van der Waals surface area contributed by atoms with Crippen LogP contribution in [-0.2, 0) is 9.53 Å². The molecule has 0 spiro atoms. The summed E-state index contributed by atoms with van der Waals surface area (Å²) in [6.45, 7) is 9.01. The number of aryl methyl sites for hydroxylation is 2. The minimum atomic E-state index is -0.887. The van der Waals surface area contributed by atoms with E-state index >= 15 is 0 Å². The zero-order valence-electron chi connectivity index (χ0n) is 16.3. The molecule has 6 heteroatoms. The van der Waals surface area contributed by atoms with Crippen molar-refractivity contribution in [3.05, 3.63) is 33.4 Å². The third kappa shape index (κ3) is 4.74. The fourth-order valence-electron chi connectivity index (χ4n) is 3.52. The Kier molecular flexibility index (Phi) is 6.62. The van der Waals surface area contributed by atoms with E-state index in [1.54, 1.807) is 13.8 Å². The van der Waals surface area contributed by atoms with Crippen LogP contribution in [0.2, 0.25) is 0 Å². The first-order chi connectivity index (χ1) is 12.2. The van der Waals surface area contributed by atoms with Crippen molar-refractivity contribution in [3.63, 3.8) is 0 Å². The summed E-state index contributed by atoms with van der Waals surface area (Å²) in [5.41, 5.74) is 0.169. The maximum atomic E-state index is 12.7. The lowest BCUT2D eigenvalue weighted by atomic mass is 9.85. The molecule has 1 aliphatic rings. The first-order valence-corrected chi connectivity index (χ1v) is 9.33. The quantitative estimate of drug-likeness (QED) is 0.812. The Morgan fingerprint density at radius 2 is 1.88 bits per heavy atom. The Labute approximate surface area is 154 Å². The van der Waals surface area contributed by atoms with Gasteiger partial charge in [0.05, 0.1) is 0 Å². The molecule has 1 aromatic rings. The van der Waals surface area contributed by atoms with E-state index in [-0.39, 0.29) is 29.2 Å². The second kappa shape index (κ2) is 8.52. The molecule has 0 aliphatic heterocycles. The predicted molar refractivity (Wildman–Crippen MR) is 98.1 cm³/mol. The zero-order chi connectivity index (χ0) is 19.4. The summed E-state index contributed by atoms with van der Waals surface area (Å²) in [5.74, 6) is -0.462. The first-order valence-electron chi connectivity index (χ1n) is 9.33. The molecule has 0 unspecified atom stereocenters. The number of carbonyl (C=O) groups excluding carboxylic acids is 2. The molecule has 0 aromatic carbocycles. The topological polar surface area (TPSA) is 85.6 Å². The molecule has 1 amide bonds. The molecule has 2 rings (SSSR count). The Morgan fingerprint density at radius 3 is 2.46 bits per heavy atom. The van der Waals surface area contributed by atoms with Crippen LogP contribution >= 0.6 is 0 Å². The number of hydrogen-bond donors (Lipinski definition) is 1. The molecule has 144 valence electrons. The molecule has 26 heavy (non-hydrogen) atoms. The van der Waals surface area contributed by atoms with Crippen molar-refractivity contribution in [2.45, 2.75) is 72.4 Å². The van der Waals surface area contributed by atoms with Gasteiger partial charge in [0.15, 0.2) is 6.10 Å². The summed E-state index contributed by atoms with van der Waals surface area (Å²) in [6.07, 6.45) is 3.45. The van der Waals surface area contributed by atoms with E-state index in [1.807, 2.05) is 13.8 Å². The number of esters is 1. The number of carbonyl (C=O) groups is 2. The van der Waals surface area contributed by atoms with Crippen molar-refractivity contribution in [2.24, 2.45) is 11.8 Å². The van der Waals surface area contributed by atoms with Crippen molar-refractivity contribution in [1.29, 1.82) is 0 Å². The highest BCUT2D eigenvalue weighted by Gasteiger charge is 2.32. The van der Waals surface area contributed by atoms with Gasteiger partial charge in [-0.1, -0.05) is 33.6 Å². The molecule has 1 heterocycles. The van der Waals surface area contributed by atoms with Gasteiger partial charge in [-0.15, -0.1) is 0 Å². The van der Waals surface area contributed by atoms with Crippen molar-refractivity contribution >= 4 is 11.9 Å². The van der Waals surface area contributed by atoms with Gasteiger partial charge < -0.3 is 14.5 Å². The zero-order valence-corrected chi connectivity index (χ0v) is 16.3. The summed E-state index contributed by atoms with van der Waals surface area (Å²) in [5, 5.41) is 3.06. The van der Waals surface area contributed by atoms with Crippen molar-refractivity contribution < 1.29 is 18.7 Å². The van der Waals surface area contributed by atoms with Crippen molar-refractivity contribution in [3.8, 4) is 0 Å². The van der Waals surface area contributed by atoms with Crippen LogP contribution in [0.15, 0.2) is 15.3 Å². The number of amides is 1. The molecule has 0 bridgehead atoms. The number of hydrogen-bond acceptors (Lipinski definition) is 5. The maximum absolute atomic E-state index is 12.7. The van der Waals surface area contributed by atoms with Gasteiger partial charge >= 0.3 is 11.6 Å². The molecular formula is C20H29NO5. The maximum Gasteiger partial charge on any atom is 0.342 e. The minimum Gasteiger partial charge on any atom is -0.448 e. The monoisotopic (exact) mass is 363 g/mol. The van der Waals surface area contributed by atoms with Crippen LogP contribution in [-0.4, -0.2) is 24.0 Å². The van der Waals surface area contributed by atoms with Crippen LogP contribution in [0.5, 0.6) is 0 Å². The van der Waals surface area contributed by atoms with E-state index in [0.29, 0.717) is 11.5 Å². The SMILES string of the molecule is Cc1cc(=O)oc(C)c1C(=O)O[C@H](C(=O)N[C@@H]1CCCC[C@@H]1C)C(C)C. The van der Waals surface area contributed by atoms with Gasteiger partial charge in [-0.3, -0.25) is 4.79 Å². The van der Waals surface area contributed by atoms with E-state index < -0.39 is 17.7 Å². The van der Waals surface area contributed by atoms with Crippen molar-refractivity contribution in [2.75, 3.05) is 0 Å². The summed E-state index contributed by atoms with van der Waals surface area (Å²) < 4.78 is 10.5. The normalized spacial score (nSPS) is 21.3. The lowest BCUT2D eigenvalue weighted by molar-refractivity contribution is -0.133. The van der Waals surface area contributed by atoms with Crippen LogP contribution in [0.25, 0.3) is 0 Å². The highest BCUT2D eigenvalue weighted by molar-refractivity contribution is 5.94. The highest BCUT2D eigenvalue weighted by atomic mass is 16.5. The van der Waals surface area contributed by atoms with Gasteiger partial charge in [0.25, 0.3) is 5.91 Å². The average molecular weight is 363 g/mol. The molecular weight excluding hydrogens is 334 g/mol. The van der Waals surface area contributed by atoms with Gasteiger partial charge in [0.1, 0.15) is 11.3 Å². The molecule has 0 saturated heterocycles. The van der Waals surface area contributed by atoms with Crippen LogP contribution in [0.4, 0.5) is 0 Å². The molecule has 1 fully saturated rings. The van der Waals surface area contributed by atoms with E-state index in [1.165, 1.54) is 12.5 Å².